The van der Waals surface area contributed by atoms with E-state index >= 15 is 0 Å². The Morgan fingerprint density at radius 2 is 1.68 bits per heavy atom. The summed E-state index contributed by atoms with van der Waals surface area (Å²) in [4.78, 5) is 0. The molecule has 19 heavy (non-hydrogen) atoms. The SMILES string of the molecule is Cc1cc(Br)c(NCc2ccc(F)c(C)c2)c(Br)c1. The molecule has 100 valence electrons. The minimum Gasteiger partial charge on any atom is -0.379 e. The molecule has 0 radical (unpaired) electrons. The Morgan fingerprint density at radius 3 is 2.26 bits per heavy atom. The fourth-order valence-electron chi connectivity index (χ4n) is 1.88. The van der Waals surface area contributed by atoms with Gasteiger partial charge in [0, 0.05) is 15.5 Å². The highest BCUT2D eigenvalue weighted by Crippen LogP contribution is 2.32. The van der Waals surface area contributed by atoms with Crippen LogP contribution in [0.15, 0.2) is 39.3 Å². The van der Waals surface area contributed by atoms with Crippen LogP contribution in [-0.2, 0) is 6.54 Å². The van der Waals surface area contributed by atoms with Gasteiger partial charge in [-0.2, -0.15) is 0 Å². The number of benzene rings is 2. The average Bonchev–Trinajstić information content (AvgIpc) is 2.32. The lowest BCUT2D eigenvalue weighted by molar-refractivity contribution is 0.617. The molecular formula is C15H14Br2FN. The maximum Gasteiger partial charge on any atom is 0.126 e. The quantitative estimate of drug-likeness (QED) is 0.725. The van der Waals surface area contributed by atoms with Gasteiger partial charge in [-0.15, -0.1) is 0 Å². The highest BCUT2D eigenvalue weighted by atomic mass is 79.9. The van der Waals surface area contributed by atoms with Crippen LogP contribution in [0.4, 0.5) is 10.1 Å². The second kappa shape index (κ2) is 6.06. The molecule has 0 aromatic heterocycles. The Morgan fingerprint density at radius 1 is 1.05 bits per heavy atom. The predicted octanol–water partition coefficient (Wildman–Crippen LogP) is 5.58. The molecule has 2 aromatic carbocycles. The number of halogens is 3. The van der Waals surface area contributed by atoms with Crippen molar-refractivity contribution in [3.05, 3.63) is 61.8 Å². The Balaban J connectivity index is 2.16. The Kier molecular flexibility index (Phi) is 4.63. The molecular weight excluding hydrogens is 373 g/mol. The second-order valence-corrected chi connectivity index (χ2v) is 6.25. The number of aryl methyl sites for hydroxylation is 2. The van der Waals surface area contributed by atoms with Crippen molar-refractivity contribution in [2.24, 2.45) is 0 Å². The molecule has 0 aliphatic rings. The molecule has 0 unspecified atom stereocenters. The van der Waals surface area contributed by atoms with Crippen LogP contribution in [0.3, 0.4) is 0 Å². The van der Waals surface area contributed by atoms with Crippen LogP contribution in [0.1, 0.15) is 16.7 Å². The first kappa shape index (κ1) is 14.5. The minimum absolute atomic E-state index is 0.165. The molecule has 0 aliphatic carbocycles. The second-order valence-electron chi connectivity index (χ2n) is 4.54. The topological polar surface area (TPSA) is 12.0 Å². The molecule has 2 aromatic rings. The number of hydrogen-bond donors (Lipinski definition) is 1. The highest BCUT2D eigenvalue weighted by molar-refractivity contribution is 9.11. The molecule has 0 bridgehead atoms. The van der Waals surface area contributed by atoms with Crippen molar-refractivity contribution in [3.63, 3.8) is 0 Å². The van der Waals surface area contributed by atoms with E-state index in [1.807, 2.05) is 13.0 Å². The summed E-state index contributed by atoms with van der Waals surface area (Å²) in [7, 11) is 0. The third-order valence-corrected chi connectivity index (χ3v) is 4.13. The Bertz CT molecular complexity index is 588. The zero-order valence-corrected chi connectivity index (χ0v) is 13.9. The summed E-state index contributed by atoms with van der Waals surface area (Å²) < 4.78 is 15.2. The largest absolute Gasteiger partial charge is 0.379 e. The van der Waals surface area contributed by atoms with Gasteiger partial charge >= 0.3 is 0 Å². The van der Waals surface area contributed by atoms with E-state index in [9.17, 15) is 4.39 Å². The van der Waals surface area contributed by atoms with Gasteiger partial charge in [-0.3, -0.25) is 0 Å². The van der Waals surface area contributed by atoms with Crippen LogP contribution in [0.5, 0.6) is 0 Å². The number of hydrogen-bond acceptors (Lipinski definition) is 1. The third kappa shape index (κ3) is 3.57. The lowest BCUT2D eigenvalue weighted by atomic mass is 10.1. The van der Waals surface area contributed by atoms with Gasteiger partial charge in [0.1, 0.15) is 5.82 Å². The van der Waals surface area contributed by atoms with Crippen LogP contribution in [0.25, 0.3) is 0 Å². The van der Waals surface area contributed by atoms with E-state index in [1.54, 1.807) is 13.0 Å². The first-order valence-electron chi connectivity index (χ1n) is 5.92. The van der Waals surface area contributed by atoms with Gasteiger partial charge in [0.05, 0.1) is 5.69 Å². The van der Waals surface area contributed by atoms with E-state index in [-0.39, 0.29) is 5.82 Å². The van der Waals surface area contributed by atoms with Crippen LogP contribution in [0.2, 0.25) is 0 Å². The van der Waals surface area contributed by atoms with Gasteiger partial charge in [0.2, 0.25) is 0 Å². The standard InChI is InChI=1S/C15H14Br2FN/c1-9-5-12(16)15(13(17)6-9)19-8-11-3-4-14(18)10(2)7-11/h3-7,19H,8H2,1-2H3. The molecule has 0 saturated heterocycles. The molecule has 0 aliphatic heterocycles. The van der Waals surface area contributed by atoms with Gasteiger partial charge in [0.25, 0.3) is 0 Å². The van der Waals surface area contributed by atoms with E-state index in [0.717, 1.165) is 20.2 Å². The summed E-state index contributed by atoms with van der Waals surface area (Å²) in [5, 5.41) is 3.36. The smallest absolute Gasteiger partial charge is 0.126 e. The van der Waals surface area contributed by atoms with Gasteiger partial charge < -0.3 is 5.32 Å². The lowest BCUT2D eigenvalue weighted by Crippen LogP contribution is -2.02. The molecule has 0 spiro atoms. The van der Waals surface area contributed by atoms with E-state index in [1.165, 1.54) is 11.6 Å². The molecule has 0 atom stereocenters. The maximum atomic E-state index is 13.2. The molecule has 1 N–H and O–H groups in total. The third-order valence-electron chi connectivity index (χ3n) is 2.88. The van der Waals surface area contributed by atoms with Crippen molar-refractivity contribution in [1.82, 2.24) is 0 Å². The molecule has 0 amide bonds. The maximum absolute atomic E-state index is 13.2. The van der Waals surface area contributed by atoms with Crippen molar-refractivity contribution in [2.75, 3.05) is 5.32 Å². The summed E-state index contributed by atoms with van der Waals surface area (Å²) in [6.45, 7) is 4.47. The molecule has 0 saturated carbocycles. The Hall–Kier alpha value is -0.870. The van der Waals surface area contributed by atoms with Crippen molar-refractivity contribution in [2.45, 2.75) is 20.4 Å². The summed E-state index contributed by atoms with van der Waals surface area (Å²) >= 11 is 7.09. The summed E-state index contributed by atoms with van der Waals surface area (Å²) in [6.07, 6.45) is 0. The highest BCUT2D eigenvalue weighted by Gasteiger charge is 2.06. The fourth-order valence-corrected chi connectivity index (χ4v) is 3.57. The van der Waals surface area contributed by atoms with Crippen molar-refractivity contribution >= 4 is 37.5 Å². The lowest BCUT2D eigenvalue weighted by Gasteiger charge is -2.12. The van der Waals surface area contributed by atoms with Gasteiger partial charge in [-0.25, -0.2) is 4.39 Å². The monoisotopic (exact) mass is 385 g/mol. The summed E-state index contributed by atoms with van der Waals surface area (Å²) in [6, 6.07) is 9.28. The molecule has 0 heterocycles. The first-order chi connectivity index (χ1) is 8.97. The molecule has 2 rings (SSSR count). The zero-order valence-electron chi connectivity index (χ0n) is 10.7. The summed E-state index contributed by atoms with van der Waals surface area (Å²) in [5.41, 5.74) is 3.91. The van der Waals surface area contributed by atoms with Gasteiger partial charge in [-0.1, -0.05) is 12.1 Å². The number of anilines is 1. The van der Waals surface area contributed by atoms with Gasteiger partial charge in [0.15, 0.2) is 0 Å². The minimum atomic E-state index is -0.165. The van der Waals surface area contributed by atoms with E-state index in [0.29, 0.717) is 12.1 Å². The normalized spacial score (nSPS) is 10.6. The first-order valence-corrected chi connectivity index (χ1v) is 7.50. The number of rotatable bonds is 3. The zero-order chi connectivity index (χ0) is 14.0. The van der Waals surface area contributed by atoms with E-state index < -0.39 is 0 Å². The Labute approximate surface area is 129 Å². The molecule has 1 nitrogen and oxygen atoms in total. The van der Waals surface area contributed by atoms with Crippen LogP contribution in [0, 0.1) is 19.7 Å². The van der Waals surface area contributed by atoms with E-state index in [4.69, 9.17) is 0 Å². The van der Waals surface area contributed by atoms with Crippen LogP contribution < -0.4 is 5.32 Å². The fraction of sp³-hybridized carbons (Fsp3) is 0.200. The average molecular weight is 387 g/mol. The van der Waals surface area contributed by atoms with E-state index in [2.05, 4.69) is 49.3 Å². The van der Waals surface area contributed by atoms with Crippen molar-refractivity contribution in [1.29, 1.82) is 0 Å². The van der Waals surface area contributed by atoms with Crippen LogP contribution in [-0.4, -0.2) is 0 Å². The van der Waals surface area contributed by atoms with Crippen molar-refractivity contribution < 1.29 is 4.39 Å². The van der Waals surface area contributed by atoms with Crippen LogP contribution >= 0.6 is 31.9 Å². The van der Waals surface area contributed by atoms with Crippen molar-refractivity contribution in [3.8, 4) is 0 Å². The summed E-state index contributed by atoms with van der Waals surface area (Å²) in [5.74, 6) is -0.165. The molecule has 0 fully saturated rings. The molecule has 4 heteroatoms. The van der Waals surface area contributed by atoms with Gasteiger partial charge in [-0.05, 0) is 80.6 Å². The number of nitrogens with one attached hydrogen (secondary N) is 1. The predicted molar refractivity (Wildman–Crippen MR) is 85.0 cm³/mol.